The Morgan fingerprint density at radius 3 is 2.33 bits per heavy atom. The second-order valence-electron chi connectivity index (χ2n) is 5.51. The Morgan fingerprint density at radius 2 is 1.70 bits per heavy atom. The number of amides is 2. The number of rotatable bonds is 6. The number of nitrogens with one attached hydrogen (secondary N) is 1. The number of carbonyl (C=O) groups excluding carboxylic acids is 3. The number of halogens is 3. The molecule has 0 atom stereocenters. The predicted octanol–water partition coefficient (Wildman–Crippen LogP) is 2.87. The van der Waals surface area contributed by atoms with Gasteiger partial charge in [-0.15, -0.1) is 0 Å². The lowest BCUT2D eigenvalue weighted by Gasteiger charge is -2.17. The summed E-state index contributed by atoms with van der Waals surface area (Å²) in [5.41, 5.74) is 0.294. The fraction of sp³-hybridized carbons (Fsp3) is 0.167. The van der Waals surface area contributed by atoms with E-state index in [1.54, 1.807) is 0 Å². The molecule has 0 bridgehead atoms. The van der Waals surface area contributed by atoms with Crippen LogP contribution in [0, 0.1) is 11.6 Å². The number of ether oxygens (including phenoxy) is 1. The molecule has 0 heterocycles. The zero-order chi connectivity index (χ0) is 20.0. The van der Waals surface area contributed by atoms with Crippen LogP contribution in [0.15, 0.2) is 42.5 Å². The van der Waals surface area contributed by atoms with Gasteiger partial charge in [0.2, 0.25) is 5.91 Å². The van der Waals surface area contributed by atoms with Crippen LogP contribution in [0.1, 0.15) is 10.4 Å². The van der Waals surface area contributed by atoms with Crippen molar-refractivity contribution in [1.82, 2.24) is 4.90 Å². The van der Waals surface area contributed by atoms with Crippen LogP contribution in [-0.4, -0.2) is 42.9 Å². The van der Waals surface area contributed by atoms with Gasteiger partial charge in [0.05, 0.1) is 17.1 Å². The van der Waals surface area contributed by atoms with Gasteiger partial charge < -0.3 is 15.0 Å². The monoisotopic (exact) mass is 396 g/mol. The maximum absolute atomic E-state index is 13.0. The third-order valence-corrected chi connectivity index (χ3v) is 3.73. The molecular weight excluding hydrogens is 382 g/mol. The van der Waals surface area contributed by atoms with Gasteiger partial charge in [-0.05, 0) is 42.5 Å². The van der Waals surface area contributed by atoms with Crippen molar-refractivity contribution in [3.05, 3.63) is 64.7 Å². The number of esters is 1. The minimum Gasteiger partial charge on any atom is -0.452 e. The summed E-state index contributed by atoms with van der Waals surface area (Å²) in [6.07, 6.45) is 0. The zero-order valence-electron chi connectivity index (χ0n) is 14.2. The molecule has 0 aliphatic rings. The molecule has 9 heteroatoms. The van der Waals surface area contributed by atoms with Gasteiger partial charge in [0.25, 0.3) is 5.91 Å². The standard InChI is InChI=1S/C18H15ClF2N2O4/c1-23(9-16(24)22-13-5-2-11(20)3-6-13)17(25)10-27-18(26)14-7-4-12(21)8-15(14)19/h2-8H,9-10H2,1H3,(H,22,24). The summed E-state index contributed by atoms with van der Waals surface area (Å²) in [7, 11) is 1.35. The second kappa shape index (κ2) is 9.09. The van der Waals surface area contributed by atoms with Crippen molar-refractivity contribution in [2.24, 2.45) is 0 Å². The van der Waals surface area contributed by atoms with Crippen LogP contribution in [0.2, 0.25) is 5.02 Å². The molecule has 0 spiro atoms. The molecule has 142 valence electrons. The highest BCUT2D eigenvalue weighted by Crippen LogP contribution is 2.18. The van der Waals surface area contributed by atoms with E-state index in [0.717, 1.165) is 23.1 Å². The van der Waals surface area contributed by atoms with E-state index >= 15 is 0 Å². The fourth-order valence-corrected chi connectivity index (χ4v) is 2.25. The first-order chi connectivity index (χ1) is 12.8. The molecule has 27 heavy (non-hydrogen) atoms. The summed E-state index contributed by atoms with van der Waals surface area (Å²) in [6.45, 7) is -0.919. The van der Waals surface area contributed by atoms with Gasteiger partial charge in [-0.25, -0.2) is 13.6 Å². The first-order valence-electron chi connectivity index (χ1n) is 7.68. The summed E-state index contributed by atoms with van der Waals surface area (Å²) in [5, 5.41) is 2.36. The molecule has 6 nitrogen and oxygen atoms in total. The lowest BCUT2D eigenvalue weighted by molar-refractivity contribution is -0.136. The average molecular weight is 397 g/mol. The Balaban J connectivity index is 1.83. The predicted molar refractivity (Wildman–Crippen MR) is 94.4 cm³/mol. The Hall–Kier alpha value is -3.00. The number of hydrogen-bond donors (Lipinski definition) is 1. The number of anilines is 1. The summed E-state index contributed by atoms with van der Waals surface area (Å²) in [5.74, 6) is -3.08. The molecule has 0 fully saturated rings. The van der Waals surface area contributed by atoms with Gasteiger partial charge in [0.15, 0.2) is 6.61 Å². The van der Waals surface area contributed by atoms with E-state index in [4.69, 9.17) is 16.3 Å². The van der Waals surface area contributed by atoms with E-state index in [2.05, 4.69) is 5.32 Å². The Kier molecular flexibility index (Phi) is 6.84. The molecule has 0 saturated carbocycles. The van der Waals surface area contributed by atoms with Crippen molar-refractivity contribution in [2.75, 3.05) is 25.5 Å². The maximum atomic E-state index is 13.0. The van der Waals surface area contributed by atoms with Crippen molar-refractivity contribution in [3.63, 3.8) is 0 Å². The van der Waals surface area contributed by atoms with Crippen molar-refractivity contribution in [1.29, 1.82) is 0 Å². The van der Waals surface area contributed by atoms with Crippen molar-refractivity contribution < 1.29 is 27.9 Å². The third-order valence-electron chi connectivity index (χ3n) is 3.41. The minimum atomic E-state index is -0.891. The van der Waals surface area contributed by atoms with Crippen molar-refractivity contribution in [3.8, 4) is 0 Å². The van der Waals surface area contributed by atoms with E-state index in [1.165, 1.54) is 31.3 Å². The Labute approximate surface area is 158 Å². The summed E-state index contributed by atoms with van der Waals surface area (Å²) >= 11 is 5.75. The van der Waals surface area contributed by atoms with Crippen LogP contribution in [0.4, 0.5) is 14.5 Å². The van der Waals surface area contributed by atoms with Gasteiger partial charge in [-0.2, -0.15) is 0 Å². The highest BCUT2D eigenvalue weighted by Gasteiger charge is 2.18. The zero-order valence-corrected chi connectivity index (χ0v) is 14.9. The fourth-order valence-electron chi connectivity index (χ4n) is 2.01. The van der Waals surface area contributed by atoms with E-state index in [1.807, 2.05) is 0 Å². The smallest absolute Gasteiger partial charge is 0.340 e. The van der Waals surface area contributed by atoms with Gasteiger partial charge in [0.1, 0.15) is 11.6 Å². The molecule has 0 unspecified atom stereocenters. The molecule has 0 saturated heterocycles. The first kappa shape index (κ1) is 20.3. The molecule has 0 aromatic heterocycles. The van der Waals surface area contributed by atoms with Crippen LogP contribution < -0.4 is 5.32 Å². The molecule has 0 aliphatic carbocycles. The summed E-state index contributed by atoms with van der Waals surface area (Å²) in [6, 6.07) is 8.26. The third kappa shape index (κ3) is 6.03. The van der Waals surface area contributed by atoms with Crippen LogP contribution in [-0.2, 0) is 14.3 Å². The van der Waals surface area contributed by atoms with E-state index in [9.17, 15) is 23.2 Å². The molecule has 2 amide bonds. The SMILES string of the molecule is CN(CC(=O)Nc1ccc(F)cc1)C(=O)COC(=O)c1ccc(F)cc1Cl. The highest BCUT2D eigenvalue weighted by molar-refractivity contribution is 6.33. The summed E-state index contributed by atoms with van der Waals surface area (Å²) in [4.78, 5) is 36.8. The number of benzene rings is 2. The van der Waals surface area contributed by atoms with Crippen molar-refractivity contribution in [2.45, 2.75) is 0 Å². The maximum Gasteiger partial charge on any atom is 0.340 e. The van der Waals surface area contributed by atoms with Gasteiger partial charge in [-0.3, -0.25) is 9.59 Å². The average Bonchev–Trinajstić information content (AvgIpc) is 2.61. The molecular formula is C18H15ClF2N2O4. The number of hydrogen-bond acceptors (Lipinski definition) is 4. The first-order valence-corrected chi connectivity index (χ1v) is 8.05. The Morgan fingerprint density at radius 1 is 1.07 bits per heavy atom. The van der Waals surface area contributed by atoms with Crippen LogP contribution >= 0.6 is 11.6 Å². The quantitative estimate of drug-likeness (QED) is 0.762. The lowest BCUT2D eigenvalue weighted by atomic mass is 10.2. The van der Waals surface area contributed by atoms with Crippen LogP contribution in [0.3, 0.4) is 0 Å². The summed E-state index contributed by atoms with van der Waals surface area (Å²) < 4.78 is 30.6. The van der Waals surface area contributed by atoms with Gasteiger partial charge in [-0.1, -0.05) is 11.6 Å². The van der Waals surface area contributed by atoms with E-state index < -0.39 is 36.0 Å². The topological polar surface area (TPSA) is 75.7 Å². The van der Waals surface area contributed by atoms with Crippen LogP contribution in [0.5, 0.6) is 0 Å². The molecule has 0 aliphatic heterocycles. The largest absolute Gasteiger partial charge is 0.452 e. The molecule has 2 aromatic carbocycles. The minimum absolute atomic E-state index is 0.0810. The van der Waals surface area contributed by atoms with E-state index in [0.29, 0.717) is 5.69 Å². The molecule has 1 N–H and O–H groups in total. The molecule has 2 rings (SSSR count). The lowest BCUT2D eigenvalue weighted by Crippen LogP contribution is -2.37. The van der Waals surface area contributed by atoms with Gasteiger partial charge in [0, 0.05) is 12.7 Å². The molecule has 0 radical (unpaired) electrons. The second-order valence-corrected chi connectivity index (χ2v) is 5.91. The van der Waals surface area contributed by atoms with Crippen molar-refractivity contribution >= 4 is 35.1 Å². The molecule has 2 aromatic rings. The van der Waals surface area contributed by atoms with Gasteiger partial charge >= 0.3 is 5.97 Å². The number of likely N-dealkylation sites (N-methyl/N-ethyl adjacent to an activating group) is 1. The number of nitrogens with zero attached hydrogens (tertiary/aromatic N) is 1. The normalized spacial score (nSPS) is 10.2. The Bertz CT molecular complexity index is 859. The highest BCUT2D eigenvalue weighted by atomic mass is 35.5. The van der Waals surface area contributed by atoms with E-state index in [-0.39, 0.29) is 17.1 Å². The van der Waals surface area contributed by atoms with Crippen LogP contribution in [0.25, 0.3) is 0 Å². The number of carbonyl (C=O) groups is 3.